The van der Waals surface area contributed by atoms with Gasteiger partial charge in [-0.05, 0) is 43.7 Å². The van der Waals surface area contributed by atoms with Crippen molar-refractivity contribution >= 4 is 12.0 Å². The molecule has 2 rings (SSSR count). The number of aromatic nitrogens is 2. The number of aryl methyl sites for hydroxylation is 2. The van der Waals surface area contributed by atoms with Crippen molar-refractivity contribution in [1.29, 1.82) is 0 Å². The Morgan fingerprint density at radius 2 is 1.70 bits per heavy atom. The van der Waals surface area contributed by atoms with Crippen LogP contribution >= 0.6 is 0 Å². The van der Waals surface area contributed by atoms with Gasteiger partial charge < -0.3 is 10.2 Å². The highest BCUT2D eigenvalue weighted by atomic mass is 16.5. The van der Waals surface area contributed by atoms with Crippen LogP contribution in [-0.4, -0.2) is 17.1 Å². The molecule has 0 amide bonds. The lowest BCUT2D eigenvalue weighted by atomic mass is 10.2. The molecule has 0 saturated carbocycles. The summed E-state index contributed by atoms with van der Waals surface area (Å²) in [5.74, 6) is 1.40. The minimum atomic E-state index is 0.557. The van der Waals surface area contributed by atoms with Crippen molar-refractivity contribution in [2.75, 3.05) is 12.5 Å². The third-order valence-corrected chi connectivity index (χ3v) is 2.64. The highest BCUT2D eigenvalue weighted by Gasteiger charge is 1.96. The number of rotatable bonds is 5. The second-order valence-electron chi connectivity index (χ2n) is 4.35. The predicted molar refractivity (Wildman–Crippen MR) is 80.3 cm³/mol. The molecule has 5 nitrogen and oxygen atoms in total. The first-order valence-corrected chi connectivity index (χ1v) is 6.32. The van der Waals surface area contributed by atoms with Gasteiger partial charge in [-0.3, -0.25) is 5.43 Å². The van der Waals surface area contributed by atoms with Gasteiger partial charge in [0.2, 0.25) is 5.95 Å². The second kappa shape index (κ2) is 6.56. The topological polar surface area (TPSA) is 59.1 Å². The summed E-state index contributed by atoms with van der Waals surface area (Å²) in [6.07, 6.45) is 3.73. The average Bonchev–Trinajstić information content (AvgIpc) is 2.43. The number of hydrogen-bond donors (Lipinski definition) is 2. The molecule has 0 bridgehead atoms. The molecule has 20 heavy (non-hydrogen) atoms. The number of hydrogen-bond acceptors (Lipinski definition) is 5. The van der Waals surface area contributed by atoms with E-state index in [9.17, 15) is 0 Å². The van der Waals surface area contributed by atoms with E-state index in [0.717, 1.165) is 22.7 Å². The largest absolute Gasteiger partial charge is 0.497 e. The fourth-order valence-corrected chi connectivity index (χ4v) is 1.74. The Morgan fingerprint density at radius 1 is 1.05 bits per heavy atom. The summed E-state index contributed by atoms with van der Waals surface area (Å²) < 4.78 is 5.11. The molecule has 1 aromatic heterocycles. The van der Waals surface area contributed by atoms with Crippen molar-refractivity contribution in [2.45, 2.75) is 13.8 Å². The maximum atomic E-state index is 5.11. The molecule has 2 N–H and O–H groups in total. The van der Waals surface area contributed by atoms with Gasteiger partial charge in [-0.1, -0.05) is 12.1 Å². The SMILES string of the molecule is COc1ccc(C=CNNc2nc(C)cc(C)n2)cc1. The van der Waals surface area contributed by atoms with Crippen molar-refractivity contribution in [2.24, 2.45) is 0 Å². The van der Waals surface area contributed by atoms with E-state index in [2.05, 4.69) is 20.8 Å². The smallest absolute Gasteiger partial charge is 0.242 e. The molecule has 0 aliphatic carbocycles. The minimum Gasteiger partial charge on any atom is -0.497 e. The zero-order valence-electron chi connectivity index (χ0n) is 11.8. The Bertz CT molecular complexity index is 573. The Morgan fingerprint density at radius 3 is 2.30 bits per heavy atom. The summed E-state index contributed by atoms with van der Waals surface area (Å²) in [6.45, 7) is 3.88. The summed E-state index contributed by atoms with van der Waals surface area (Å²) in [4.78, 5) is 8.53. The van der Waals surface area contributed by atoms with Crippen molar-refractivity contribution in [1.82, 2.24) is 15.4 Å². The van der Waals surface area contributed by atoms with Crippen LogP contribution in [0.15, 0.2) is 36.5 Å². The lowest BCUT2D eigenvalue weighted by molar-refractivity contribution is 0.415. The first kappa shape index (κ1) is 13.9. The molecule has 0 atom stereocenters. The van der Waals surface area contributed by atoms with Crippen LogP contribution in [0.1, 0.15) is 17.0 Å². The molecule has 0 aliphatic heterocycles. The van der Waals surface area contributed by atoms with Crippen LogP contribution in [0, 0.1) is 13.8 Å². The number of hydrazine groups is 1. The number of methoxy groups -OCH3 is 1. The summed E-state index contributed by atoms with van der Waals surface area (Å²) in [6, 6.07) is 9.72. The van der Waals surface area contributed by atoms with E-state index in [1.54, 1.807) is 13.3 Å². The van der Waals surface area contributed by atoms with Crippen LogP contribution in [0.5, 0.6) is 5.75 Å². The number of benzene rings is 1. The Labute approximate surface area is 118 Å². The fourth-order valence-electron chi connectivity index (χ4n) is 1.74. The fraction of sp³-hybridized carbons (Fsp3) is 0.200. The van der Waals surface area contributed by atoms with Crippen molar-refractivity contribution in [3.05, 3.63) is 53.5 Å². The first-order valence-electron chi connectivity index (χ1n) is 6.32. The molecule has 1 aromatic carbocycles. The first-order chi connectivity index (χ1) is 9.67. The zero-order chi connectivity index (χ0) is 14.4. The molecule has 0 unspecified atom stereocenters. The standard InChI is InChI=1S/C15H18N4O/c1-11-10-12(2)18-15(17-11)19-16-9-8-13-4-6-14(20-3)7-5-13/h4-10,16H,1-3H3,(H,17,18,19). The zero-order valence-corrected chi connectivity index (χ0v) is 11.8. The van der Waals surface area contributed by atoms with E-state index >= 15 is 0 Å². The lowest BCUT2D eigenvalue weighted by Gasteiger charge is -2.05. The van der Waals surface area contributed by atoms with Gasteiger partial charge in [0, 0.05) is 17.6 Å². The van der Waals surface area contributed by atoms with E-state index in [-0.39, 0.29) is 0 Å². The molecule has 0 aliphatic rings. The van der Waals surface area contributed by atoms with Crippen LogP contribution < -0.4 is 15.6 Å². The van der Waals surface area contributed by atoms with Crippen molar-refractivity contribution in [3.8, 4) is 5.75 Å². The van der Waals surface area contributed by atoms with Gasteiger partial charge in [-0.2, -0.15) is 0 Å². The van der Waals surface area contributed by atoms with Gasteiger partial charge in [0.1, 0.15) is 5.75 Å². The van der Waals surface area contributed by atoms with Gasteiger partial charge in [0.15, 0.2) is 0 Å². The molecule has 104 valence electrons. The highest BCUT2D eigenvalue weighted by Crippen LogP contribution is 2.11. The Balaban J connectivity index is 1.89. The maximum Gasteiger partial charge on any atom is 0.242 e. The molecule has 2 aromatic rings. The quantitative estimate of drug-likeness (QED) is 0.818. The number of nitrogens with zero attached hydrogens (tertiary/aromatic N) is 2. The third-order valence-electron chi connectivity index (χ3n) is 2.64. The average molecular weight is 270 g/mol. The summed E-state index contributed by atoms with van der Waals surface area (Å²) in [7, 11) is 1.65. The highest BCUT2D eigenvalue weighted by molar-refractivity contribution is 5.50. The van der Waals surface area contributed by atoms with Crippen LogP contribution in [-0.2, 0) is 0 Å². The number of nitrogens with one attached hydrogen (secondary N) is 2. The lowest BCUT2D eigenvalue weighted by Crippen LogP contribution is -2.17. The van der Waals surface area contributed by atoms with E-state index in [4.69, 9.17) is 4.74 Å². The van der Waals surface area contributed by atoms with Gasteiger partial charge in [-0.25, -0.2) is 9.97 Å². The van der Waals surface area contributed by atoms with Gasteiger partial charge in [-0.15, -0.1) is 0 Å². The molecule has 0 radical (unpaired) electrons. The second-order valence-corrected chi connectivity index (χ2v) is 4.35. The normalized spacial score (nSPS) is 10.6. The van der Waals surface area contributed by atoms with E-state index in [1.807, 2.05) is 50.3 Å². The molecule has 0 spiro atoms. The van der Waals surface area contributed by atoms with Crippen LogP contribution in [0.3, 0.4) is 0 Å². The van der Waals surface area contributed by atoms with E-state index in [0.29, 0.717) is 5.95 Å². The van der Waals surface area contributed by atoms with Crippen molar-refractivity contribution < 1.29 is 4.74 Å². The Hall–Kier alpha value is -2.56. The molecule has 0 fully saturated rings. The summed E-state index contributed by atoms with van der Waals surface area (Å²) in [5, 5.41) is 0. The monoisotopic (exact) mass is 270 g/mol. The van der Waals surface area contributed by atoms with E-state index < -0.39 is 0 Å². The molecule has 0 saturated heterocycles. The van der Waals surface area contributed by atoms with E-state index in [1.165, 1.54) is 0 Å². The predicted octanol–water partition coefficient (Wildman–Crippen LogP) is 2.69. The van der Waals surface area contributed by atoms with Crippen LogP contribution in [0.25, 0.3) is 6.08 Å². The molecule has 5 heteroatoms. The minimum absolute atomic E-state index is 0.557. The number of ether oxygens (including phenoxy) is 1. The van der Waals surface area contributed by atoms with Gasteiger partial charge in [0.25, 0.3) is 0 Å². The maximum absolute atomic E-state index is 5.11. The number of anilines is 1. The Kier molecular flexibility index (Phi) is 4.55. The van der Waals surface area contributed by atoms with Gasteiger partial charge in [0.05, 0.1) is 7.11 Å². The van der Waals surface area contributed by atoms with Crippen LogP contribution in [0.2, 0.25) is 0 Å². The summed E-state index contributed by atoms with van der Waals surface area (Å²) >= 11 is 0. The third kappa shape index (κ3) is 3.98. The molecular weight excluding hydrogens is 252 g/mol. The molecule has 1 heterocycles. The van der Waals surface area contributed by atoms with Gasteiger partial charge >= 0.3 is 0 Å². The molecular formula is C15H18N4O. The van der Waals surface area contributed by atoms with Crippen LogP contribution in [0.4, 0.5) is 5.95 Å². The summed E-state index contributed by atoms with van der Waals surface area (Å²) in [5.41, 5.74) is 8.82. The van der Waals surface area contributed by atoms with Crippen molar-refractivity contribution in [3.63, 3.8) is 0 Å².